The van der Waals surface area contributed by atoms with Crippen LogP contribution in [0.1, 0.15) is 16.7 Å². The van der Waals surface area contributed by atoms with E-state index in [0.29, 0.717) is 6.01 Å². The molecule has 0 atom stereocenters. The Labute approximate surface area is 242 Å². The zero-order valence-electron chi connectivity index (χ0n) is 22.7. The molecule has 1 aliphatic rings. The molecule has 3 heterocycles. The minimum atomic E-state index is -0.913. The van der Waals surface area contributed by atoms with Crippen molar-refractivity contribution < 1.29 is 4.74 Å². The minimum Gasteiger partial charge on any atom is -0.443 e. The van der Waals surface area contributed by atoms with Crippen molar-refractivity contribution in [2.24, 2.45) is 0 Å². The van der Waals surface area contributed by atoms with Gasteiger partial charge in [-0.15, -0.1) is 0 Å². The highest BCUT2D eigenvalue weighted by Gasteiger charge is 2.46. The van der Waals surface area contributed by atoms with Gasteiger partial charge in [-0.3, -0.25) is 4.57 Å². The van der Waals surface area contributed by atoms with Crippen LogP contribution in [-0.2, 0) is 5.60 Å². The van der Waals surface area contributed by atoms with E-state index >= 15 is 0 Å². The number of para-hydroxylation sites is 4. The molecule has 1 aliphatic heterocycles. The van der Waals surface area contributed by atoms with E-state index < -0.39 is 5.60 Å². The molecule has 4 heteroatoms. The topological polar surface area (TPSA) is 32.0 Å². The average molecular weight is 540 g/mol. The normalized spacial score (nSPS) is 13.6. The first-order valence-electron chi connectivity index (χ1n) is 14.2. The van der Waals surface area contributed by atoms with Crippen LogP contribution < -0.4 is 4.74 Å². The molecular formula is C38H25N3O. The lowest BCUT2D eigenvalue weighted by atomic mass is 9.78. The average Bonchev–Trinajstić information content (AvgIpc) is 3.60. The summed E-state index contributed by atoms with van der Waals surface area (Å²) in [6, 6.07) is 53.9. The lowest BCUT2D eigenvalue weighted by molar-refractivity contribution is 0.128. The van der Waals surface area contributed by atoms with E-state index in [-0.39, 0.29) is 0 Å². The number of nitrogens with zero attached hydrogens (tertiary/aromatic N) is 3. The fraction of sp³-hybridized carbons (Fsp3) is 0.0263. The molecule has 6 aromatic carbocycles. The van der Waals surface area contributed by atoms with Gasteiger partial charge in [0, 0.05) is 33.2 Å². The summed E-state index contributed by atoms with van der Waals surface area (Å²) in [6.07, 6.45) is 0. The SMILES string of the molecule is c1ccc(C2(c3ccccc3)Oc3nc4ccccc4n3-c3ccc(-n4c5ccccc5c5ccccc54)cc32)cc1. The summed E-state index contributed by atoms with van der Waals surface area (Å²) in [5.74, 6) is 0. The van der Waals surface area contributed by atoms with E-state index in [9.17, 15) is 0 Å². The van der Waals surface area contributed by atoms with Crippen molar-refractivity contribution in [3.63, 3.8) is 0 Å². The number of imidazole rings is 1. The molecule has 4 nitrogen and oxygen atoms in total. The van der Waals surface area contributed by atoms with Crippen molar-refractivity contribution >= 4 is 32.8 Å². The highest BCUT2D eigenvalue weighted by molar-refractivity contribution is 6.09. The molecule has 0 unspecified atom stereocenters. The molecule has 0 spiro atoms. The summed E-state index contributed by atoms with van der Waals surface area (Å²) >= 11 is 0. The summed E-state index contributed by atoms with van der Waals surface area (Å²) < 4.78 is 11.7. The molecule has 0 amide bonds. The van der Waals surface area contributed by atoms with Crippen molar-refractivity contribution in [1.82, 2.24) is 14.1 Å². The summed E-state index contributed by atoms with van der Waals surface area (Å²) in [6.45, 7) is 0. The maximum Gasteiger partial charge on any atom is 0.303 e. The van der Waals surface area contributed by atoms with Gasteiger partial charge in [0.1, 0.15) is 0 Å². The van der Waals surface area contributed by atoms with Gasteiger partial charge in [0.05, 0.1) is 27.8 Å². The van der Waals surface area contributed by atoms with Crippen LogP contribution in [0.15, 0.2) is 152 Å². The highest BCUT2D eigenvalue weighted by atomic mass is 16.5. The molecule has 0 N–H and O–H groups in total. The van der Waals surface area contributed by atoms with Gasteiger partial charge >= 0.3 is 6.01 Å². The van der Waals surface area contributed by atoms with Crippen LogP contribution in [0, 0.1) is 0 Å². The number of rotatable bonds is 3. The molecule has 0 fully saturated rings. The van der Waals surface area contributed by atoms with Crippen molar-refractivity contribution in [1.29, 1.82) is 0 Å². The standard InChI is InChI=1S/C38H25N3O/c1-3-13-26(14-4-1)38(27-15-5-2-6-16-27)31-25-28(40-33-20-10-7-17-29(33)30-18-8-11-21-34(30)40)23-24-35(31)41-36-22-12-9-19-32(36)39-37(41)42-38/h1-25H. The van der Waals surface area contributed by atoms with Crippen molar-refractivity contribution in [3.05, 3.63) is 168 Å². The van der Waals surface area contributed by atoms with Gasteiger partial charge in [0.2, 0.25) is 0 Å². The number of ether oxygens (including phenoxy) is 1. The monoisotopic (exact) mass is 539 g/mol. The predicted molar refractivity (Wildman–Crippen MR) is 169 cm³/mol. The molecule has 198 valence electrons. The van der Waals surface area contributed by atoms with E-state index in [2.05, 4.69) is 149 Å². The molecule has 0 aliphatic carbocycles. The van der Waals surface area contributed by atoms with E-state index in [0.717, 1.165) is 39.1 Å². The van der Waals surface area contributed by atoms with Crippen LogP contribution in [-0.4, -0.2) is 14.1 Å². The predicted octanol–water partition coefficient (Wildman–Crippen LogP) is 8.81. The number of hydrogen-bond acceptors (Lipinski definition) is 2. The van der Waals surface area contributed by atoms with E-state index in [1.807, 2.05) is 12.1 Å². The Morgan fingerprint density at radius 2 is 1.05 bits per heavy atom. The quantitative estimate of drug-likeness (QED) is 0.225. The van der Waals surface area contributed by atoms with Crippen LogP contribution in [0.3, 0.4) is 0 Å². The van der Waals surface area contributed by atoms with Gasteiger partial charge in [-0.25, -0.2) is 0 Å². The first kappa shape index (κ1) is 23.1. The third-order valence-electron chi connectivity index (χ3n) is 8.57. The fourth-order valence-corrected chi connectivity index (χ4v) is 6.78. The number of hydrogen-bond donors (Lipinski definition) is 0. The van der Waals surface area contributed by atoms with Crippen LogP contribution in [0.5, 0.6) is 6.01 Å². The van der Waals surface area contributed by atoms with Crippen LogP contribution in [0.2, 0.25) is 0 Å². The van der Waals surface area contributed by atoms with Gasteiger partial charge in [-0.1, -0.05) is 109 Å². The summed E-state index contributed by atoms with van der Waals surface area (Å²) in [4.78, 5) is 4.99. The maximum absolute atomic E-state index is 7.19. The molecule has 0 radical (unpaired) electrons. The summed E-state index contributed by atoms with van der Waals surface area (Å²) in [5.41, 5.74) is 8.67. The summed E-state index contributed by atoms with van der Waals surface area (Å²) in [5, 5.41) is 2.48. The van der Waals surface area contributed by atoms with Gasteiger partial charge in [0.25, 0.3) is 0 Å². The molecular weight excluding hydrogens is 514 g/mol. The highest BCUT2D eigenvalue weighted by Crippen LogP contribution is 2.49. The zero-order valence-corrected chi connectivity index (χ0v) is 22.7. The molecule has 8 aromatic rings. The van der Waals surface area contributed by atoms with E-state index in [1.54, 1.807) is 0 Å². The Morgan fingerprint density at radius 1 is 0.500 bits per heavy atom. The molecule has 9 rings (SSSR count). The first-order valence-corrected chi connectivity index (χ1v) is 14.2. The van der Waals surface area contributed by atoms with Crippen molar-refractivity contribution in [2.75, 3.05) is 0 Å². The number of aromatic nitrogens is 3. The van der Waals surface area contributed by atoms with Gasteiger partial charge in [0.15, 0.2) is 5.60 Å². The second kappa shape index (κ2) is 8.69. The van der Waals surface area contributed by atoms with E-state index in [1.165, 1.54) is 21.8 Å². The summed E-state index contributed by atoms with van der Waals surface area (Å²) in [7, 11) is 0. The number of fused-ring (bicyclic) bond motifs is 8. The Bertz CT molecular complexity index is 2190. The lowest BCUT2D eigenvalue weighted by Crippen LogP contribution is -2.40. The Morgan fingerprint density at radius 3 is 1.69 bits per heavy atom. The maximum atomic E-state index is 7.19. The Balaban J connectivity index is 1.43. The van der Waals surface area contributed by atoms with Gasteiger partial charge < -0.3 is 9.30 Å². The fourth-order valence-electron chi connectivity index (χ4n) is 6.78. The second-order valence-corrected chi connectivity index (χ2v) is 10.8. The van der Waals surface area contributed by atoms with Crippen molar-refractivity contribution in [2.45, 2.75) is 5.60 Å². The third kappa shape index (κ3) is 3.09. The Hall–Kier alpha value is -5.61. The smallest absolute Gasteiger partial charge is 0.303 e. The molecule has 2 aromatic heterocycles. The van der Waals surface area contributed by atoms with Crippen molar-refractivity contribution in [3.8, 4) is 17.4 Å². The minimum absolute atomic E-state index is 0.584. The van der Waals surface area contributed by atoms with Gasteiger partial charge in [-0.2, -0.15) is 4.98 Å². The lowest BCUT2D eigenvalue weighted by Gasteiger charge is -2.40. The largest absolute Gasteiger partial charge is 0.443 e. The molecule has 42 heavy (non-hydrogen) atoms. The number of benzene rings is 6. The Kier molecular flexibility index (Phi) is 4.79. The van der Waals surface area contributed by atoms with E-state index in [4.69, 9.17) is 9.72 Å². The second-order valence-electron chi connectivity index (χ2n) is 10.8. The van der Waals surface area contributed by atoms with Crippen LogP contribution >= 0.6 is 0 Å². The molecule has 0 saturated heterocycles. The molecule has 0 bridgehead atoms. The van der Waals surface area contributed by atoms with Gasteiger partial charge in [-0.05, 0) is 42.5 Å². The first-order chi connectivity index (χ1) is 20.8. The van der Waals surface area contributed by atoms with Crippen LogP contribution in [0.25, 0.3) is 44.2 Å². The molecule has 0 saturated carbocycles. The third-order valence-corrected chi connectivity index (χ3v) is 8.57. The van der Waals surface area contributed by atoms with Crippen LogP contribution in [0.4, 0.5) is 0 Å². The zero-order chi connectivity index (χ0) is 27.7.